The molecule has 0 bridgehead atoms. The van der Waals surface area contributed by atoms with Gasteiger partial charge in [0.15, 0.2) is 0 Å². The SMILES string of the molecule is CC(Nc1ccc(C(=O)O)cc1N)C1CCCC1. The van der Waals surface area contributed by atoms with Gasteiger partial charge in [-0.15, -0.1) is 0 Å². The minimum Gasteiger partial charge on any atom is -0.478 e. The Hall–Kier alpha value is -1.71. The molecule has 1 fully saturated rings. The summed E-state index contributed by atoms with van der Waals surface area (Å²) in [6.07, 6.45) is 5.15. The number of benzene rings is 1. The maximum absolute atomic E-state index is 10.8. The molecule has 1 aliphatic carbocycles. The molecular weight excluding hydrogens is 228 g/mol. The van der Waals surface area contributed by atoms with Crippen LogP contribution in [0.1, 0.15) is 43.0 Å². The van der Waals surface area contributed by atoms with E-state index < -0.39 is 5.97 Å². The van der Waals surface area contributed by atoms with E-state index in [0.29, 0.717) is 17.6 Å². The fraction of sp³-hybridized carbons (Fsp3) is 0.500. The van der Waals surface area contributed by atoms with Gasteiger partial charge in [0.25, 0.3) is 0 Å². The van der Waals surface area contributed by atoms with Crippen LogP contribution in [0.4, 0.5) is 11.4 Å². The molecule has 0 radical (unpaired) electrons. The van der Waals surface area contributed by atoms with E-state index >= 15 is 0 Å². The number of carbonyl (C=O) groups is 1. The highest BCUT2D eigenvalue weighted by Gasteiger charge is 2.21. The number of nitrogens with one attached hydrogen (secondary N) is 1. The molecule has 0 spiro atoms. The van der Waals surface area contributed by atoms with Gasteiger partial charge in [0, 0.05) is 6.04 Å². The molecule has 1 unspecified atom stereocenters. The third kappa shape index (κ3) is 2.75. The molecular formula is C14H20N2O2. The molecule has 4 nitrogen and oxygen atoms in total. The van der Waals surface area contributed by atoms with Crippen molar-refractivity contribution in [1.82, 2.24) is 0 Å². The highest BCUT2D eigenvalue weighted by Crippen LogP contribution is 2.30. The molecule has 1 aromatic rings. The summed E-state index contributed by atoms with van der Waals surface area (Å²) < 4.78 is 0. The number of aromatic carboxylic acids is 1. The third-order valence-electron chi connectivity index (χ3n) is 3.79. The Kier molecular flexibility index (Phi) is 3.75. The van der Waals surface area contributed by atoms with E-state index in [9.17, 15) is 4.79 Å². The number of hydrogen-bond acceptors (Lipinski definition) is 3. The van der Waals surface area contributed by atoms with Crippen molar-refractivity contribution >= 4 is 17.3 Å². The zero-order valence-electron chi connectivity index (χ0n) is 10.6. The normalized spacial score (nSPS) is 17.6. The monoisotopic (exact) mass is 248 g/mol. The maximum atomic E-state index is 10.8. The lowest BCUT2D eigenvalue weighted by molar-refractivity contribution is 0.0697. The molecule has 1 aliphatic rings. The van der Waals surface area contributed by atoms with E-state index in [2.05, 4.69) is 12.2 Å². The molecule has 2 rings (SSSR count). The lowest BCUT2D eigenvalue weighted by Gasteiger charge is -2.22. The molecule has 1 saturated carbocycles. The molecule has 4 heteroatoms. The molecule has 0 amide bonds. The van der Waals surface area contributed by atoms with Gasteiger partial charge in [-0.1, -0.05) is 12.8 Å². The first-order valence-electron chi connectivity index (χ1n) is 6.47. The van der Waals surface area contributed by atoms with Crippen LogP contribution in [0.3, 0.4) is 0 Å². The summed E-state index contributed by atoms with van der Waals surface area (Å²) in [5.41, 5.74) is 7.44. The minimum atomic E-state index is -0.947. The number of nitrogen functional groups attached to an aromatic ring is 1. The van der Waals surface area contributed by atoms with E-state index in [1.54, 1.807) is 12.1 Å². The van der Waals surface area contributed by atoms with E-state index in [4.69, 9.17) is 10.8 Å². The minimum absolute atomic E-state index is 0.228. The maximum Gasteiger partial charge on any atom is 0.335 e. The van der Waals surface area contributed by atoms with Crippen molar-refractivity contribution < 1.29 is 9.90 Å². The van der Waals surface area contributed by atoms with Gasteiger partial charge in [-0.25, -0.2) is 4.79 Å². The van der Waals surface area contributed by atoms with Crippen LogP contribution in [0.25, 0.3) is 0 Å². The summed E-state index contributed by atoms with van der Waals surface area (Å²) in [6.45, 7) is 2.17. The van der Waals surface area contributed by atoms with Gasteiger partial charge in [-0.05, 0) is 43.9 Å². The Labute approximate surface area is 107 Å². The van der Waals surface area contributed by atoms with Crippen molar-refractivity contribution in [3.05, 3.63) is 23.8 Å². The summed E-state index contributed by atoms with van der Waals surface area (Å²) in [5.74, 6) is -0.249. The summed E-state index contributed by atoms with van der Waals surface area (Å²) >= 11 is 0. The van der Waals surface area contributed by atoms with Gasteiger partial charge >= 0.3 is 5.97 Å². The van der Waals surface area contributed by atoms with Crippen molar-refractivity contribution in [3.8, 4) is 0 Å². The predicted molar refractivity (Wildman–Crippen MR) is 72.9 cm³/mol. The molecule has 98 valence electrons. The van der Waals surface area contributed by atoms with E-state index in [1.165, 1.54) is 31.7 Å². The fourth-order valence-corrected chi connectivity index (χ4v) is 2.65. The number of carboxylic acids is 1. The van der Waals surface area contributed by atoms with Gasteiger partial charge in [0.05, 0.1) is 16.9 Å². The Balaban J connectivity index is 2.06. The Morgan fingerprint density at radius 2 is 2.11 bits per heavy atom. The quantitative estimate of drug-likeness (QED) is 0.716. The van der Waals surface area contributed by atoms with E-state index in [1.807, 2.05) is 0 Å². The largest absolute Gasteiger partial charge is 0.478 e. The Morgan fingerprint density at radius 3 is 2.67 bits per heavy atom. The van der Waals surface area contributed by atoms with Crippen LogP contribution in [0.2, 0.25) is 0 Å². The second kappa shape index (κ2) is 5.29. The van der Waals surface area contributed by atoms with Crippen molar-refractivity contribution in [2.45, 2.75) is 38.6 Å². The van der Waals surface area contributed by atoms with Gasteiger partial charge in [-0.2, -0.15) is 0 Å². The second-order valence-electron chi connectivity index (χ2n) is 5.08. The van der Waals surface area contributed by atoms with Gasteiger partial charge in [0.2, 0.25) is 0 Å². The number of carboxylic acid groups (broad SMARTS) is 1. The van der Waals surface area contributed by atoms with Crippen molar-refractivity contribution in [2.75, 3.05) is 11.1 Å². The number of nitrogens with two attached hydrogens (primary N) is 1. The van der Waals surface area contributed by atoms with E-state index in [-0.39, 0.29) is 5.56 Å². The van der Waals surface area contributed by atoms with Gasteiger partial charge in [-0.3, -0.25) is 0 Å². The van der Waals surface area contributed by atoms with Crippen LogP contribution in [-0.2, 0) is 0 Å². The Bertz CT molecular complexity index is 439. The first-order chi connectivity index (χ1) is 8.58. The molecule has 0 saturated heterocycles. The van der Waals surface area contributed by atoms with Crippen molar-refractivity contribution in [1.29, 1.82) is 0 Å². The topological polar surface area (TPSA) is 75.3 Å². The lowest BCUT2D eigenvalue weighted by atomic mass is 9.99. The van der Waals surface area contributed by atoms with Crippen LogP contribution < -0.4 is 11.1 Å². The highest BCUT2D eigenvalue weighted by atomic mass is 16.4. The van der Waals surface area contributed by atoms with Gasteiger partial charge in [0.1, 0.15) is 0 Å². The highest BCUT2D eigenvalue weighted by molar-refractivity contribution is 5.90. The first kappa shape index (κ1) is 12.7. The summed E-state index contributed by atoms with van der Waals surface area (Å²) in [6, 6.07) is 5.23. The average Bonchev–Trinajstić information content (AvgIpc) is 2.85. The molecule has 1 aromatic carbocycles. The summed E-state index contributed by atoms with van der Waals surface area (Å²) in [5, 5.41) is 12.3. The first-order valence-corrected chi connectivity index (χ1v) is 6.47. The smallest absolute Gasteiger partial charge is 0.335 e. The molecule has 18 heavy (non-hydrogen) atoms. The Morgan fingerprint density at radius 1 is 1.44 bits per heavy atom. The van der Waals surface area contributed by atoms with E-state index in [0.717, 1.165) is 5.69 Å². The lowest BCUT2D eigenvalue weighted by Crippen LogP contribution is -2.24. The number of anilines is 2. The number of rotatable bonds is 4. The summed E-state index contributed by atoms with van der Waals surface area (Å²) in [4.78, 5) is 10.8. The second-order valence-corrected chi connectivity index (χ2v) is 5.08. The predicted octanol–water partition coefficient (Wildman–Crippen LogP) is 2.96. The zero-order valence-corrected chi connectivity index (χ0v) is 10.6. The van der Waals surface area contributed by atoms with Crippen LogP contribution in [0.15, 0.2) is 18.2 Å². The van der Waals surface area contributed by atoms with Crippen LogP contribution in [-0.4, -0.2) is 17.1 Å². The fourth-order valence-electron chi connectivity index (χ4n) is 2.65. The standard InChI is InChI=1S/C14H20N2O2/c1-9(10-4-2-3-5-10)16-13-7-6-11(14(17)18)8-12(13)15/h6-10,16H,2-5,15H2,1H3,(H,17,18). The average molecular weight is 248 g/mol. The molecule has 4 N–H and O–H groups in total. The summed E-state index contributed by atoms with van der Waals surface area (Å²) in [7, 11) is 0. The molecule has 1 atom stereocenters. The van der Waals surface area contributed by atoms with Crippen LogP contribution in [0.5, 0.6) is 0 Å². The van der Waals surface area contributed by atoms with Crippen LogP contribution in [0, 0.1) is 5.92 Å². The third-order valence-corrected chi connectivity index (χ3v) is 3.79. The van der Waals surface area contributed by atoms with Crippen LogP contribution >= 0.6 is 0 Å². The van der Waals surface area contributed by atoms with Crippen molar-refractivity contribution in [3.63, 3.8) is 0 Å². The zero-order chi connectivity index (χ0) is 13.1. The number of hydrogen-bond donors (Lipinski definition) is 3. The van der Waals surface area contributed by atoms with Crippen molar-refractivity contribution in [2.24, 2.45) is 5.92 Å². The van der Waals surface area contributed by atoms with Gasteiger partial charge < -0.3 is 16.2 Å². The molecule has 0 heterocycles. The molecule has 0 aromatic heterocycles. The molecule has 0 aliphatic heterocycles.